The average molecular weight is 1110 g/mol. The average Bonchev–Trinajstić information content (AvgIpc) is 3.25. The van der Waals surface area contributed by atoms with Gasteiger partial charge in [-0.25, -0.2) is 21.9 Å². The maximum Gasteiger partial charge on any atom is 0.293 e. The second-order valence-corrected chi connectivity index (χ2v) is 25.3. The number of piperidine rings is 1. The molecule has 1 spiro atoms. The molecule has 0 bridgehead atoms. The highest BCUT2D eigenvalue weighted by molar-refractivity contribution is 7.90. The Bertz CT molecular complexity index is 3450. The number of carbonyl (C=O) groups excluding carboxylic acids is 1. The Balaban J connectivity index is 0.805. The molecule has 6 heterocycles. The van der Waals surface area contributed by atoms with Crippen molar-refractivity contribution in [2.75, 3.05) is 67.6 Å². The molecule has 12 rings (SSSR count). The van der Waals surface area contributed by atoms with Gasteiger partial charge < -0.3 is 34.7 Å². The molecule has 17 nitrogen and oxygen atoms in total. The zero-order valence-electron chi connectivity index (χ0n) is 45.4. The molecule has 0 radical (unpaired) electrons. The van der Waals surface area contributed by atoms with Crippen LogP contribution in [-0.2, 0) is 21.3 Å². The predicted octanol–water partition coefficient (Wildman–Crippen LogP) is 9.77. The number of amides is 1. The van der Waals surface area contributed by atoms with E-state index in [0.29, 0.717) is 73.8 Å². The van der Waals surface area contributed by atoms with E-state index in [9.17, 15) is 37.2 Å². The number of halogens is 2. The molecule has 2 aliphatic carbocycles. The van der Waals surface area contributed by atoms with Gasteiger partial charge in [-0.1, -0.05) is 37.3 Å². The zero-order chi connectivity index (χ0) is 55.7. The number of nitro benzene ring substituents is 1. The first-order valence-corrected chi connectivity index (χ1v) is 29.6. The molecule has 3 saturated heterocycles. The standard InChI is InChI=1S/C60H69F2N9O8S/c1-37-6-4-5-7-44(37)54-35-67(34-40-8-12-46(61)47(62)28-40)25-26-69(54)53-32-60(38(53)2)20-23-68(24-21-60)42-9-11-45(50(30-42)70-49-17-27-78-36-55(49)79-58-52(70)29-41-16-22-63-56(41)65-58)57(72)66-80(76,77)43-10-13-48(51(31-43)71(74)75)64-33-39-14-18-59(3,73)19-15-39/h4-13,16,22,28-31,38-39,49,53-55,64,73H,14-15,17-21,23-27,32-36H2,1-3H3,(H,63,65)(H,66,72)/t38-,39?,49+,53+,54+,55+,59?/m1/s1. The van der Waals surface area contributed by atoms with Gasteiger partial charge in [0, 0.05) is 87.8 Å². The van der Waals surface area contributed by atoms with Crippen LogP contribution < -0.4 is 24.6 Å². The summed E-state index contributed by atoms with van der Waals surface area (Å²) in [6.07, 6.45) is 7.57. The number of aromatic amines is 1. The number of hydrogen-bond acceptors (Lipinski definition) is 14. The molecular formula is C60H69F2N9O8S. The molecule has 20 heteroatoms. The maximum atomic E-state index is 14.8. The third-order valence-corrected chi connectivity index (χ3v) is 20.0. The van der Waals surface area contributed by atoms with Crippen LogP contribution >= 0.6 is 0 Å². The molecule has 2 aromatic heterocycles. The van der Waals surface area contributed by atoms with Crippen LogP contribution in [0.4, 0.5) is 37.2 Å². The Morgan fingerprint density at radius 3 is 2.49 bits per heavy atom. The largest absolute Gasteiger partial charge is 0.468 e. The number of nitrogens with zero attached hydrogens (tertiary/aromatic N) is 6. The zero-order valence-corrected chi connectivity index (χ0v) is 46.2. The second-order valence-electron chi connectivity index (χ2n) is 23.6. The van der Waals surface area contributed by atoms with Crippen LogP contribution in [0.3, 0.4) is 0 Å². The van der Waals surface area contributed by atoms with Crippen molar-refractivity contribution in [2.24, 2.45) is 17.3 Å². The quantitative estimate of drug-likeness (QED) is 0.0630. The van der Waals surface area contributed by atoms with Gasteiger partial charge in [-0.05, 0) is 154 Å². The molecule has 4 aliphatic heterocycles. The number of hydrogen-bond donors (Lipinski definition) is 4. The van der Waals surface area contributed by atoms with Gasteiger partial charge >= 0.3 is 0 Å². The topological polar surface area (TPSA) is 199 Å². The fourth-order valence-corrected chi connectivity index (χ4v) is 14.8. The number of aryl methyl sites for hydroxylation is 1. The summed E-state index contributed by atoms with van der Waals surface area (Å²) >= 11 is 0. The molecule has 80 heavy (non-hydrogen) atoms. The maximum absolute atomic E-state index is 14.8. The van der Waals surface area contributed by atoms with Crippen LogP contribution in [0.5, 0.6) is 5.88 Å². The number of carbonyl (C=O) groups is 1. The number of piperazine rings is 1. The fourth-order valence-electron chi connectivity index (χ4n) is 13.9. The summed E-state index contributed by atoms with van der Waals surface area (Å²) in [5, 5.41) is 26.8. The van der Waals surface area contributed by atoms with Gasteiger partial charge in [-0.2, -0.15) is 4.98 Å². The van der Waals surface area contributed by atoms with Gasteiger partial charge in [0.25, 0.3) is 21.6 Å². The van der Waals surface area contributed by atoms with Crippen LogP contribution in [0, 0.1) is 45.9 Å². The van der Waals surface area contributed by atoms with Crippen molar-refractivity contribution < 1.29 is 41.5 Å². The first kappa shape index (κ1) is 53.9. The summed E-state index contributed by atoms with van der Waals surface area (Å²) in [5.41, 5.74) is 5.04. The predicted molar refractivity (Wildman–Crippen MR) is 301 cm³/mol. The van der Waals surface area contributed by atoms with Crippen molar-refractivity contribution in [1.29, 1.82) is 0 Å². The third kappa shape index (κ3) is 10.4. The Kier molecular flexibility index (Phi) is 14.4. The van der Waals surface area contributed by atoms with Crippen LogP contribution in [0.1, 0.15) is 98.3 Å². The van der Waals surface area contributed by atoms with E-state index in [0.717, 1.165) is 87.5 Å². The number of sulfonamides is 1. The van der Waals surface area contributed by atoms with Crippen molar-refractivity contribution >= 4 is 55.4 Å². The summed E-state index contributed by atoms with van der Waals surface area (Å²) in [6.45, 7) is 12.0. The van der Waals surface area contributed by atoms with Crippen molar-refractivity contribution in [3.63, 3.8) is 0 Å². The molecule has 5 fully saturated rings. The highest BCUT2D eigenvalue weighted by Crippen LogP contribution is 2.57. The minimum Gasteiger partial charge on any atom is -0.468 e. The Morgan fingerprint density at radius 2 is 1.73 bits per heavy atom. The van der Waals surface area contributed by atoms with Gasteiger partial charge in [0.05, 0.1) is 39.3 Å². The van der Waals surface area contributed by atoms with E-state index in [-0.39, 0.29) is 41.3 Å². The number of ether oxygens (including phenoxy) is 2. The minimum absolute atomic E-state index is 0.0842. The highest BCUT2D eigenvalue weighted by atomic mass is 32.2. The Labute approximate surface area is 464 Å². The van der Waals surface area contributed by atoms with Gasteiger partial charge in [-0.3, -0.25) is 24.7 Å². The number of aliphatic hydroxyl groups is 1. The molecule has 6 aliphatic rings. The van der Waals surface area contributed by atoms with E-state index < -0.39 is 54.8 Å². The van der Waals surface area contributed by atoms with Gasteiger partial charge in [-0.15, -0.1) is 0 Å². The lowest BCUT2D eigenvalue weighted by atomic mass is 9.53. The lowest BCUT2D eigenvalue weighted by molar-refractivity contribution is -0.384. The van der Waals surface area contributed by atoms with Crippen molar-refractivity contribution in [3.8, 4) is 5.88 Å². The number of aromatic nitrogens is 2. The normalized spacial score (nSPS) is 26.0. The number of fused-ring (bicyclic) bond motifs is 3. The van der Waals surface area contributed by atoms with Gasteiger partial charge in [0.2, 0.25) is 5.88 Å². The lowest BCUT2D eigenvalue weighted by Gasteiger charge is -2.62. The lowest BCUT2D eigenvalue weighted by Crippen LogP contribution is -2.64. The molecule has 1 amide bonds. The molecule has 6 aromatic rings. The van der Waals surface area contributed by atoms with E-state index in [1.54, 1.807) is 18.3 Å². The number of anilines is 4. The number of pyridine rings is 1. The van der Waals surface area contributed by atoms with Crippen LogP contribution in [0.2, 0.25) is 0 Å². The van der Waals surface area contributed by atoms with Crippen molar-refractivity contribution in [3.05, 3.63) is 141 Å². The number of benzene rings is 4. The molecule has 4 aromatic carbocycles. The highest BCUT2D eigenvalue weighted by Gasteiger charge is 2.55. The van der Waals surface area contributed by atoms with Crippen LogP contribution in [0.25, 0.3) is 11.0 Å². The molecular weight excluding hydrogens is 1040 g/mol. The number of nitro groups is 1. The third-order valence-electron chi connectivity index (χ3n) is 18.7. The van der Waals surface area contributed by atoms with E-state index in [2.05, 4.69) is 72.7 Å². The number of rotatable bonds is 13. The molecule has 2 saturated carbocycles. The van der Waals surface area contributed by atoms with Crippen LogP contribution in [0.15, 0.2) is 102 Å². The van der Waals surface area contributed by atoms with Crippen molar-refractivity contribution in [2.45, 2.75) is 113 Å². The van der Waals surface area contributed by atoms with Gasteiger partial charge in [0.15, 0.2) is 11.6 Å². The van der Waals surface area contributed by atoms with E-state index in [1.807, 2.05) is 31.2 Å². The minimum atomic E-state index is -4.66. The summed E-state index contributed by atoms with van der Waals surface area (Å²) in [7, 11) is -4.66. The molecule has 4 N–H and O–H groups in total. The number of nitrogens with one attached hydrogen (secondary N) is 3. The first-order valence-electron chi connectivity index (χ1n) is 28.1. The summed E-state index contributed by atoms with van der Waals surface area (Å²) in [4.78, 5) is 43.7. The van der Waals surface area contributed by atoms with E-state index >= 15 is 0 Å². The molecule has 0 unspecified atom stereocenters. The summed E-state index contributed by atoms with van der Waals surface area (Å²) < 4.78 is 71.4. The van der Waals surface area contributed by atoms with E-state index in [1.165, 1.54) is 35.4 Å². The molecule has 422 valence electrons. The van der Waals surface area contributed by atoms with E-state index in [4.69, 9.17) is 14.5 Å². The first-order chi connectivity index (χ1) is 38.4. The smallest absolute Gasteiger partial charge is 0.293 e. The Morgan fingerprint density at radius 1 is 0.925 bits per heavy atom. The molecule has 5 atom stereocenters. The monoisotopic (exact) mass is 1110 g/mol. The van der Waals surface area contributed by atoms with Gasteiger partial charge in [0.1, 0.15) is 23.1 Å². The summed E-state index contributed by atoms with van der Waals surface area (Å²) in [5.74, 6) is -1.65. The van der Waals surface area contributed by atoms with Crippen LogP contribution in [-0.4, -0.2) is 120 Å². The van der Waals surface area contributed by atoms with Crippen molar-refractivity contribution in [1.82, 2.24) is 24.5 Å². The number of H-pyrrole nitrogens is 1. The Hall–Kier alpha value is -6.71. The fraction of sp³-hybridized carbons (Fsp3) is 0.467. The second kappa shape index (κ2) is 21.3. The summed E-state index contributed by atoms with van der Waals surface area (Å²) in [6, 6.07) is 25.9. The SMILES string of the molecule is Cc1ccccc1[C@@H]1CN(Cc2ccc(F)c(F)c2)CCN1[C@H]1CC2(CCN(c3ccc(C(=O)NS(=O)(=O)c4ccc(NCC5CCC(C)(O)CC5)c([N+](=O)[O-])c4)c(N4c5cc6cc[nH]c6nc5O[C@H]5COCC[C@@H]54)c3)CC2)[C@@H]1C.